The molecule has 1 aliphatic heterocycles. The lowest BCUT2D eigenvalue weighted by atomic mass is 9.95. The summed E-state index contributed by atoms with van der Waals surface area (Å²) in [6.07, 6.45) is 1.40. The van der Waals surface area contributed by atoms with Crippen molar-refractivity contribution >= 4 is 11.8 Å². The third-order valence-corrected chi connectivity index (χ3v) is 6.01. The number of methoxy groups -OCH3 is 1. The molecule has 2 amide bonds. The van der Waals surface area contributed by atoms with Gasteiger partial charge in [-0.3, -0.25) is 14.5 Å². The lowest BCUT2D eigenvalue weighted by Crippen LogP contribution is -2.44. The predicted octanol–water partition coefficient (Wildman–Crippen LogP) is 3.35. The van der Waals surface area contributed by atoms with Crippen LogP contribution in [0.1, 0.15) is 42.5 Å². The average molecular weight is 442 g/mol. The lowest BCUT2D eigenvalue weighted by molar-refractivity contribution is -0.127. The highest BCUT2D eigenvalue weighted by molar-refractivity contribution is 5.79. The topological polar surface area (TPSA) is 70.7 Å². The van der Waals surface area contributed by atoms with Crippen molar-refractivity contribution in [1.29, 1.82) is 0 Å². The highest BCUT2D eigenvalue weighted by atomic mass is 19.1. The lowest BCUT2D eigenvalue weighted by Gasteiger charge is -2.31. The van der Waals surface area contributed by atoms with E-state index in [9.17, 15) is 14.0 Å². The second-order valence-corrected chi connectivity index (χ2v) is 8.38. The van der Waals surface area contributed by atoms with Gasteiger partial charge in [0.05, 0.1) is 19.7 Å². The molecule has 2 N–H and O–H groups in total. The van der Waals surface area contributed by atoms with E-state index in [-0.39, 0.29) is 29.6 Å². The molecule has 1 atom stereocenters. The van der Waals surface area contributed by atoms with Crippen LogP contribution < -0.4 is 15.4 Å². The van der Waals surface area contributed by atoms with Gasteiger partial charge in [-0.05, 0) is 63.0 Å². The molecule has 1 heterocycles. The van der Waals surface area contributed by atoms with Gasteiger partial charge in [0.1, 0.15) is 11.6 Å². The molecule has 0 spiro atoms. The molecule has 3 rings (SSSR count). The molecular weight excluding hydrogens is 409 g/mol. The number of aryl methyl sites for hydroxylation is 1. The SMILES string of the molecule is COc1ccccc1C(C)NC(=O)CN1CCC(C(=O)NCc2ccc(C)c(F)c2)CC1. The Morgan fingerprint density at radius 2 is 1.91 bits per heavy atom. The van der Waals surface area contributed by atoms with Crippen molar-refractivity contribution in [1.82, 2.24) is 15.5 Å². The van der Waals surface area contributed by atoms with Crippen LogP contribution in [0.4, 0.5) is 4.39 Å². The molecule has 0 aliphatic carbocycles. The minimum atomic E-state index is -0.261. The summed E-state index contributed by atoms with van der Waals surface area (Å²) in [5.41, 5.74) is 2.28. The van der Waals surface area contributed by atoms with E-state index >= 15 is 0 Å². The zero-order valence-electron chi connectivity index (χ0n) is 19.0. The van der Waals surface area contributed by atoms with E-state index < -0.39 is 0 Å². The number of nitrogens with one attached hydrogen (secondary N) is 2. The maximum Gasteiger partial charge on any atom is 0.234 e. The minimum absolute atomic E-state index is 0.0140. The monoisotopic (exact) mass is 441 g/mol. The van der Waals surface area contributed by atoms with Gasteiger partial charge in [0.15, 0.2) is 0 Å². The van der Waals surface area contributed by atoms with Gasteiger partial charge in [-0.25, -0.2) is 4.39 Å². The van der Waals surface area contributed by atoms with Crippen molar-refractivity contribution in [3.05, 3.63) is 65.0 Å². The molecule has 1 aliphatic rings. The third-order valence-electron chi connectivity index (χ3n) is 6.01. The van der Waals surface area contributed by atoms with Crippen molar-refractivity contribution in [3.63, 3.8) is 0 Å². The third kappa shape index (κ3) is 6.29. The van der Waals surface area contributed by atoms with Gasteiger partial charge >= 0.3 is 0 Å². The zero-order chi connectivity index (χ0) is 23.1. The van der Waals surface area contributed by atoms with Crippen LogP contribution in [0.5, 0.6) is 5.75 Å². The highest BCUT2D eigenvalue weighted by Crippen LogP contribution is 2.24. The number of halogens is 1. The summed E-state index contributed by atoms with van der Waals surface area (Å²) in [5.74, 6) is 0.341. The molecule has 2 aromatic carbocycles. The molecule has 2 aromatic rings. The summed E-state index contributed by atoms with van der Waals surface area (Å²) in [7, 11) is 1.62. The van der Waals surface area contributed by atoms with Gasteiger partial charge in [-0.2, -0.15) is 0 Å². The number of carbonyl (C=O) groups excluding carboxylic acids is 2. The van der Waals surface area contributed by atoms with Crippen LogP contribution in [0.15, 0.2) is 42.5 Å². The van der Waals surface area contributed by atoms with Crippen molar-refractivity contribution in [3.8, 4) is 5.75 Å². The Hall–Kier alpha value is -2.93. The minimum Gasteiger partial charge on any atom is -0.496 e. The Bertz CT molecular complexity index is 942. The zero-order valence-corrected chi connectivity index (χ0v) is 19.0. The van der Waals surface area contributed by atoms with E-state index in [1.165, 1.54) is 6.07 Å². The van der Waals surface area contributed by atoms with Crippen LogP contribution in [0.2, 0.25) is 0 Å². The van der Waals surface area contributed by atoms with Crippen LogP contribution in [-0.2, 0) is 16.1 Å². The fourth-order valence-corrected chi connectivity index (χ4v) is 4.03. The molecule has 7 heteroatoms. The summed E-state index contributed by atoms with van der Waals surface area (Å²) >= 11 is 0. The maximum absolute atomic E-state index is 13.7. The Labute approximate surface area is 189 Å². The Kier molecular flexibility index (Phi) is 8.22. The van der Waals surface area contributed by atoms with Gasteiger partial charge in [0.2, 0.25) is 11.8 Å². The summed E-state index contributed by atoms with van der Waals surface area (Å²) in [6.45, 7) is 5.65. The first-order valence-corrected chi connectivity index (χ1v) is 11.0. The van der Waals surface area contributed by atoms with Gasteiger partial charge in [-0.15, -0.1) is 0 Å². The van der Waals surface area contributed by atoms with Crippen LogP contribution in [0.3, 0.4) is 0 Å². The molecule has 0 saturated carbocycles. The van der Waals surface area contributed by atoms with Gasteiger partial charge in [0.25, 0.3) is 0 Å². The van der Waals surface area contributed by atoms with Crippen LogP contribution >= 0.6 is 0 Å². The summed E-state index contributed by atoms with van der Waals surface area (Å²) in [5, 5.41) is 5.94. The fraction of sp³-hybridized carbons (Fsp3) is 0.440. The van der Waals surface area contributed by atoms with Crippen molar-refractivity contribution in [2.45, 2.75) is 39.3 Å². The van der Waals surface area contributed by atoms with Crippen LogP contribution in [0.25, 0.3) is 0 Å². The molecule has 32 heavy (non-hydrogen) atoms. The molecule has 1 unspecified atom stereocenters. The first kappa shape index (κ1) is 23.7. The molecule has 6 nitrogen and oxygen atoms in total. The van der Waals surface area contributed by atoms with Crippen LogP contribution in [0, 0.1) is 18.7 Å². The van der Waals surface area contributed by atoms with Crippen molar-refractivity contribution < 1.29 is 18.7 Å². The molecule has 1 saturated heterocycles. The molecule has 0 aromatic heterocycles. The second kappa shape index (κ2) is 11.1. The van der Waals surface area contributed by atoms with E-state index in [0.29, 0.717) is 44.6 Å². The van der Waals surface area contributed by atoms with E-state index in [2.05, 4.69) is 15.5 Å². The fourth-order valence-electron chi connectivity index (χ4n) is 4.03. The largest absolute Gasteiger partial charge is 0.496 e. The highest BCUT2D eigenvalue weighted by Gasteiger charge is 2.26. The van der Waals surface area contributed by atoms with Gasteiger partial charge in [-0.1, -0.05) is 30.3 Å². The number of likely N-dealkylation sites (tertiary alicyclic amines) is 1. The summed E-state index contributed by atoms with van der Waals surface area (Å²) < 4.78 is 19.0. The van der Waals surface area contributed by atoms with E-state index in [0.717, 1.165) is 16.9 Å². The Morgan fingerprint density at radius 3 is 2.59 bits per heavy atom. The Morgan fingerprint density at radius 1 is 1.19 bits per heavy atom. The molecule has 0 radical (unpaired) electrons. The number of hydrogen-bond donors (Lipinski definition) is 2. The standard InChI is InChI=1S/C25H32FN3O3/c1-17-8-9-19(14-22(17)26)15-27-25(31)20-10-12-29(13-11-20)16-24(30)28-18(2)21-6-4-5-7-23(21)32-3/h4-9,14,18,20H,10-13,15-16H2,1-3H3,(H,27,31)(H,28,30). The first-order chi connectivity index (χ1) is 15.4. The number of para-hydroxylation sites is 1. The number of piperidine rings is 1. The summed E-state index contributed by atoms with van der Waals surface area (Å²) in [6, 6.07) is 12.5. The molecule has 1 fully saturated rings. The number of nitrogens with zero attached hydrogens (tertiary/aromatic N) is 1. The average Bonchev–Trinajstić information content (AvgIpc) is 2.80. The number of benzene rings is 2. The normalized spacial score (nSPS) is 15.8. The first-order valence-electron chi connectivity index (χ1n) is 11.0. The Balaban J connectivity index is 1.41. The maximum atomic E-state index is 13.7. The van der Waals surface area contributed by atoms with E-state index in [1.54, 1.807) is 20.1 Å². The predicted molar refractivity (Wildman–Crippen MR) is 122 cm³/mol. The number of amides is 2. The van der Waals surface area contributed by atoms with Gasteiger partial charge < -0.3 is 15.4 Å². The van der Waals surface area contributed by atoms with Crippen molar-refractivity contribution in [2.75, 3.05) is 26.7 Å². The number of rotatable bonds is 8. The molecule has 172 valence electrons. The second-order valence-electron chi connectivity index (χ2n) is 8.38. The number of hydrogen-bond acceptors (Lipinski definition) is 4. The number of ether oxygens (including phenoxy) is 1. The smallest absolute Gasteiger partial charge is 0.234 e. The summed E-state index contributed by atoms with van der Waals surface area (Å²) in [4.78, 5) is 27.1. The molecular formula is C25H32FN3O3. The quantitative estimate of drug-likeness (QED) is 0.659. The van der Waals surface area contributed by atoms with Crippen LogP contribution in [-0.4, -0.2) is 43.5 Å². The van der Waals surface area contributed by atoms with Gasteiger partial charge in [0, 0.05) is 18.0 Å². The van der Waals surface area contributed by atoms with E-state index in [1.807, 2.05) is 37.3 Å². The van der Waals surface area contributed by atoms with Crippen molar-refractivity contribution in [2.24, 2.45) is 5.92 Å². The molecule has 0 bridgehead atoms. The number of carbonyl (C=O) groups is 2. The van der Waals surface area contributed by atoms with E-state index in [4.69, 9.17) is 4.74 Å².